The first-order valence-electron chi connectivity index (χ1n) is 6.59. The summed E-state index contributed by atoms with van der Waals surface area (Å²) < 4.78 is 5.18. The molecule has 2 heterocycles. The Bertz CT molecular complexity index is 625. The molecule has 6 nitrogen and oxygen atoms in total. The fourth-order valence-corrected chi connectivity index (χ4v) is 2.64. The Morgan fingerprint density at radius 1 is 1.24 bits per heavy atom. The molecule has 0 aliphatic carbocycles. The van der Waals surface area contributed by atoms with E-state index in [1.54, 1.807) is 11.0 Å². The number of amides is 2. The van der Waals surface area contributed by atoms with Gasteiger partial charge in [-0.25, -0.2) is 0 Å². The fourth-order valence-electron chi connectivity index (χ4n) is 2.47. The zero-order valence-electron chi connectivity index (χ0n) is 11.2. The Kier molecular flexibility index (Phi) is 3.65. The van der Waals surface area contributed by atoms with Crippen LogP contribution in [0, 0.1) is 0 Å². The van der Waals surface area contributed by atoms with E-state index in [9.17, 15) is 14.4 Å². The first-order valence-corrected chi connectivity index (χ1v) is 6.97. The summed E-state index contributed by atoms with van der Waals surface area (Å²) in [5, 5.41) is 0.417. The van der Waals surface area contributed by atoms with Crippen molar-refractivity contribution in [3.05, 3.63) is 28.8 Å². The van der Waals surface area contributed by atoms with Gasteiger partial charge in [-0.1, -0.05) is 11.6 Å². The molecule has 7 heteroatoms. The summed E-state index contributed by atoms with van der Waals surface area (Å²) in [6.45, 7) is 1.81. The van der Waals surface area contributed by atoms with Crippen molar-refractivity contribution in [3.63, 3.8) is 0 Å². The molecule has 110 valence electrons. The Balaban J connectivity index is 1.82. The van der Waals surface area contributed by atoms with Crippen molar-refractivity contribution in [2.75, 3.05) is 37.7 Å². The summed E-state index contributed by atoms with van der Waals surface area (Å²) >= 11 is 5.91. The molecule has 2 aliphatic rings. The maximum atomic E-state index is 12.2. The third-order valence-electron chi connectivity index (χ3n) is 3.59. The van der Waals surface area contributed by atoms with Crippen molar-refractivity contribution in [1.82, 2.24) is 4.90 Å². The van der Waals surface area contributed by atoms with Crippen LogP contribution in [0.25, 0.3) is 0 Å². The number of morpholine rings is 1. The standard InChI is InChI=1S/C14H13ClN2O4/c15-9-1-2-10-11(7-9)17(14(20)13(10)19)8-12(18)16-3-5-21-6-4-16/h1-2,7H,3-6,8H2. The molecule has 0 bridgehead atoms. The minimum atomic E-state index is -0.686. The van der Waals surface area contributed by atoms with Crippen LogP contribution in [0.3, 0.4) is 0 Å². The quantitative estimate of drug-likeness (QED) is 0.755. The molecule has 0 aromatic heterocycles. The maximum absolute atomic E-state index is 12.2. The molecule has 21 heavy (non-hydrogen) atoms. The molecule has 0 N–H and O–H groups in total. The molecule has 0 unspecified atom stereocenters. The minimum Gasteiger partial charge on any atom is -0.378 e. The van der Waals surface area contributed by atoms with Crippen LogP contribution in [0.15, 0.2) is 18.2 Å². The second-order valence-corrected chi connectivity index (χ2v) is 5.31. The van der Waals surface area contributed by atoms with Crippen LogP contribution in [0.2, 0.25) is 5.02 Å². The van der Waals surface area contributed by atoms with E-state index in [4.69, 9.17) is 16.3 Å². The Morgan fingerprint density at radius 3 is 2.67 bits per heavy atom. The summed E-state index contributed by atoms with van der Waals surface area (Å²) in [7, 11) is 0. The number of carbonyl (C=O) groups is 3. The molecule has 0 radical (unpaired) electrons. The van der Waals surface area contributed by atoms with Gasteiger partial charge in [0.25, 0.3) is 11.7 Å². The smallest absolute Gasteiger partial charge is 0.299 e. The molecule has 0 atom stereocenters. The van der Waals surface area contributed by atoms with E-state index in [0.29, 0.717) is 42.6 Å². The van der Waals surface area contributed by atoms with Gasteiger partial charge in [0.1, 0.15) is 6.54 Å². The number of benzene rings is 1. The van der Waals surface area contributed by atoms with Crippen LogP contribution >= 0.6 is 11.6 Å². The average molecular weight is 309 g/mol. The zero-order valence-corrected chi connectivity index (χ0v) is 11.9. The lowest BCUT2D eigenvalue weighted by Gasteiger charge is -2.28. The van der Waals surface area contributed by atoms with E-state index < -0.39 is 11.7 Å². The van der Waals surface area contributed by atoms with Gasteiger partial charge < -0.3 is 9.64 Å². The van der Waals surface area contributed by atoms with Gasteiger partial charge >= 0.3 is 0 Å². The zero-order chi connectivity index (χ0) is 15.0. The Morgan fingerprint density at radius 2 is 1.95 bits per heavy atom. The van der Waals surface area contributed by atoms with E-state index >= 15 is 0 Å². The number of rotatable bonds is 2. The Hall–Kier alpha value is -1.92. The first-order chi connectivity index (χ1) is 10.1. The largest absolute Gasteiger partial charge is 0.378 e. The van der Waals surface area contributed by atoms with Crippen molar-refractivity contribution in [1.29, 1.82) is 0 Å². The number of Topliss-reactive ketones (excluding diaryl/α,β-unsaturated/α-hetero) is 1. The number of hydrogen-bond acceptors (Lipinski definition) is 4. The molecule has 2 aliphatic heterocycles. The molecule has 1 fully saturated rings. The van der Waals surface area contributed by atoms with Gasteiger partial charge in [0.05, 0.1) is 24.5 Å². The van der Waals surface area contributed by atoms with E-state index in [1.807, 2.05) is 0 Å². The van der Waals surface area contributed by atoms with Crippen molar-refractivity contribution >= 4 is 34.9 Å². The lowest BCUT2D eigenvalue weighted by atomic mass is 10.1. The lowest BCUT2D eigenvalue weighted by Crippen LogP contribution is -2.46. The van der Waals surface area contributed by atoms with Gasteiger partial charge in [-0.15, -0.1) is 0 Å². The van der Waals surface area contributed by atoms with Crippen LogP contribution in [0.5, 0.6) is 0 Å². The molecular formula is C14H13ClN2O4. The van der Waals surface area contributed by atoms with Crippen molar-refractivity contribution < 1.29 is 19.1 Å². The number of ketones is 1. The number of anilines is 1. The summed E-state index contributed by atoms with van der Waals surface area (Å²) in [6.07, 6.45) is 0. The van der Waals surface area contributed by atoms with E-state index in [2.05, 4.69) is 0 Å². The van der Waals surface area contributed by atoms with Crippen LogP contribution in [0.4, 0.5) is 5.69 Å². The summed E-state index contributed by atoms with van der Waals surface area (Å²) in [6, 6.07) is 4.60. The third-order valence-corrected chi connectivity index (χ3v) is 3.83. The van der Waals surface area contributed by atoms with Gasteiger partial charge in [-0.05, 0) is 18.2 Å². The van der Waals surface area contributed by atoms with Crippen LogP contribution < -0.4 is 4.90 Å². The molecule has 2 amide bonds. The highest BCUT2D eigenvalue weighted by molar-refractivity contribution is 6.53. The predicted molar refractivity (Wildman–Crippen MR) is 75.5 cm³/mol. The maximum Gasteiger partial charge on any atom is 0.299 e. The molecule has 0 saturated carbocycles. The van der Waals surface area contributed by atoms with Crippen LogP contribution in [0.1, 0.15) is 10.4 Å². The van der Waals surface area contributed by atoms with Gasteiger partial charge in [0, 0.05) is 18.1 Å². The van der Waals surface area contributed by atoms with Crippen molar-refractivity contribution in [3.8, 4) is 0 Å². The van der Waals surface area contributed by atoms with E-state index in [1.165, 1.54) is 17.0 Å². The number of nitrogens with zero attached hydrogens (tertiary/aromatic N) is 2. The topological polar surface area (TPSA) is 66.9 Å². The minimum absolute atomic E-state index is 0.155. The van der Waals surface area contributed by atoms with Crippen molar-refractivity contribution in [2.45, 2.75) is 0 Å². The SMILES string of the molecule is O=C1C(=O)N(CC(=O)N2CCOCC2)c2cc(Cl)ccc21. The van der Waals surface area contributed by atoms with Gasteiger partial charge in [0.15, 0.2) is 0 Å². The van der Waals surface area contributed by atoms with E-state index in [0.717, 1.165) is 0 Å². The van der Waals surface area contributed by atoms with E-state index in [-0.39, 0.29) is 12.5 Å². The monoisotopic (exact) mass is 308 g/mol. The number of hydrogen-bond donors (Lipinski definition) is 0. The number of fused-ring (bicyclic) bond motifs is 1. The second kappa shape index (κ2) is 5.46. The molecule has 1 saturated heterocycles. The number of halogens is 1. The summed E-state index contributed by atoms with van der Waals surface area (Å²) in [4.78, 5) is 39.0. The third kappa shape index (κ3) is 2.52. The molecule has 3 rings (SSSR count). The number of ether oxygens (including phenoxy) is 1. The second-order valence-electron chi connectivity index (χ2n) is 4.88. The predicted octanol–water partition coefficient (Wildman–Crippen LogP) is 0.728. The number of carbonyl (C=O) groups excluding carboxylic acids is 3. The van der Waals surface area contributed by atoms with Gasteiger partial charge in [-0.3, -0.25) is 19.3 Å². The normalized spacial score (nSPS) is 18.1. The highest BCUT2D eigenvalue weighted by atomic mass is 35.5. The average Bonchev–Trinajstić information content (AvgIpc) is 2.73. The van der Waals surface area contributed by atoms with Crippen LogP contribution in [-0.2, 0) is 14.3 Å². The van der Waals surface area contributed by atoms with Gasteiger partial charge in [0.2, 0.25) is 5.91 Å². The van der Waals surface area contributed by atoms with Crippen LogP contribution in [-0.4, -0.2) is 55.3 Å². The molecular weight excluding hydrogens is 296 g/mol. The lowest BCUT2D eigenvalue weighted by molar-refractivity contribution is -0.134. The summed E-state index contributed by atoms with van der Waals surface area (Å²) in [5.41, 5.74) is 0.693. The van der Waals surface area contributed by atoms with Crippen molar-refractivity contribution in [2.24, 2.45) is 0 Å². The Labute approximate surface area is 126 Å². The van der Waals surface area contributed by atoms with Gasteiger partial charge in [-0.2, -0.15) is 0 Å². The molecule has 0 spiro atoms. The highest BCUT2D eigenvalue weighted by Crippen LogP contribution is 2.31. The molecule has 1 aromatic carbocycles. The molecule has 1 aromatic rings. The fraction of sp³-hybridized carbons (Fsp3) is 0.357. The first kappa shape index (κ1) is 14.0. The summed E-state index contributed by atoms with van der Waals surface area (Å²) in [5.74, 6) is -1.49. The highest BCUT2D eigenvalue weighted by Gasteiger charge is 2.37.